The van der Waals surface area contributed by atoms with E-state index in [0.717, 1.165) is 30.5 Å². The number of fused-ring (bicyclic) bond motifs is 1. The molecule has 41 heavy (non-hydrogen) atoms. The first kappa shape index (κ1) is 31.4. The van der Waals surface area contributed by atoms with Gasteiger partial charge in [0.2, 0.25) is 5.91 Å². The van der Waals surface area contributed by atoms with Crippen molar-refractivity contribution < 1.29 is 50.9 Å². The quantitative estimate of drug-likeness (QED) is 0.431. The Kier molecular flexibility index (Phi) is 9.66. The number of likely N-dealkylation sites (tertiary alicyclic amines) is 1. The van der Waals surface area contributed by atoms with Crippen molar-refractivity contribution >= 4 is 23.6 Å². The Hall–Kier alpha value is -4.10. The third-order valence-electron chi connectivity index (χ3n) is 7.38. The Labute approximate surface area is 232 Å². The summed E-state index contributed by atoms with van der Waals surface area (Å²) in [5, 5.41) is 12.6. The van der Waals surface area contributed by atoms with Gasteiger partial charge < -0.3 is 30.1 Å². The van der Waals surface area contributed by atoms with E-state index in [4.69, 9.17) is 19.4 Å². The molecule has 0 radical (unpaired) electrons. The van der Waals surface area contributed by atoms with Gasteiger partial charge in [0.05, 0.1) is 14.2 Å². The lowest BCUT2D eigenvalue weighted by Crippen LogP contribution is -2.53. The lowest BCUT2D eigenvalue weighted by Gasteiger charge is -2.45. The summed E-state index contributed by atoms with van der Waals surface area (Å²) < 4.78 is 69.2. The van der Waals surface area contributed by atoms with Crippen molar-refractivity contribution in [2.75, 3.05) is 26.1 Å². The summed E-state index contributed by atoms with van der Waals surface area (Å²) in [7, 11) is 3.19. The molecule has 0 spiro atoms. The SMILES string of the molecule is COc1ccc(C23CCC(NC(=O)Nc4ccc(F)c(F)c4)CC2N(C(C)=O)CC3)cc1OC.O=C(O)C(F)(F)F. The predicted octanol–water partition coefficient (Wildman–Crippen LogP) is 4.85. The van der Waals surface area contributed by atoms with E-state index in [1.807, 2.05) is 23.1 Å². The van der Waals surface area contributed by atoms with E-state index in [0.29, 0.717) is 30.9 Å². The smallest absolute Gasteiger partial charge is 0.490 e. The molecule has 1 aliphatic heterocycles. The van der Waals surface area contributed by atoms with Gasteiger partial charge in [0.25, 0.3) is 0 Å². The fraction of sp³-hybridized carbons (Fsp3) is 0.444. The largest absolute Gasteiger partial charge is 0.493 e. The summed E-state index contributed by atoms with van der Waals surface area (Å²) in [5.41, 5.74) is 1.00. The molecule has 2 aliphatic rings. The van der Waals surface area contributed by atoms with Crippen molar-refractivity contribution in [3.05, 3.63) is 53.6 Å². The highest BCUT2D eigenvalue weighted by Gasteiger charge is 2.52. The minimum absolute atomic E-state index is 0.000703. The van der Waals surface area contributed by atoms with E-state index < -0.39 is 29.8 Å². The van der Waals surface area contributed by atoms with Gasteiger partial charge in [0, 0.05) is 42.7 Å². The van der Waals surface area contributed by atoms with E-state index in [1.54, 1.807) is 21.1 Å². The topological polar surface area (TPSA) is 117 Å². The molecule has 0 aromatic heterocycles. The third kappa shape index (κ3) is 7.16. The number of methoxy groups -OCH3 is 2. The second kappa shape index (κ2) is 12.6. The number of aliphatic carboxylic acids is 1. The van der Waals surface area contributed by atoms with E-state index in [2.05, 4.69) is 10.6 Å². The molecule has 224 valence electrons. The van der Waals surface area contributed by atoms with Crippen LogP contribution in [0, 0.1) is 11.6 Å². The Balaban J connectivity index is 0.000000587. The van der Waals surface area contributed by atoms with Crippen molar-refractivity contribution in [3.8, 4) is 11.5 Å². The molecule has 1 saturated carbocycles. The molecule has 0 bridgehead atoms. The number of nitrogens with zero attached hydrogens (tertiary/aromatic N) is 1. The van der Waals surface area contributed by atoms with Crippen molar-refractivity contribution in [1.29, 1.82) is 0 Å². The number of anilines is 1. The molecule has 3 atom stereocenters. The van der Waals surface area contributed by atoms with Crippen LogP contribution in [0.4, 0.5) is 32.4 Å². The molecule has 1 saturated heterocycles. The zero-order valence-electron chi connectivity index (χ0n) is 22.5. The molecule has 1 aliphatic carbocycles. The molecule has 4 rings (SSSR count). The van der Waals surface area contributed by atoms with Crippen LogP contribution in [0.25, 0.3) is 0 Å². The fourth-order valence-corrected chi connectivity index (χ4v) is 5.47. The van der Waals surface area contributed by atoms with Crippen LogP contribution in [0.15, 0.2) is 36.4 Å². The van der Waals surface area contributed by atoms with E-state index in [-0.39, 0.29) is 29.1 Å². The highest BCUT2D eigenvalue weighted by atomic mass is 19.4. The Morgan fingerprint density at radius 1 is 1.00 bits per heavy atom. The van der Waals surface area contributed by atoms with Gasteiger partial charge in [-0.05, 0) is 55.5 Å². The van der Waals surface area contributed by atoms with Crippen molar-refractivity contribution in [2.45, 2.75) is 56.3 Å². The first-order chi connectivity index (χ1) is 19.2. The number of nitrogens with one attached hydrogen (secondary N) is 2. The minimum Gasteiger partial charge on any atom is -0.493 e. The summed E-state index contributed by atoms with van der Waals surface area (Å²) in [6.07, 6.45) is -2.20. The molecule has 3 N–H and O–H groups in total. The highest BCUT2D eigenvalue weighted by molar-refractivity contribution is 5.89. The van der Waals surface area contributed by atoms with Crippen molar-refractivity contribution in [1.82, 2.24) is 10.2 Å². The van der Waals surface area contributed by atoms with E-state index >= 15 is 0 Å². The number of benzene rings is 2. The predicted molar refractivity (Wildman–Crippen MR) is 137 cm³/mol. The minimum atomic E-state index is -5.08. The standard InChI is InChI=1S/C25H29F2N3O4.C2HF3O2/c1-15(31)30-11-10-25(16-4-7-21(33-2)22(12-16)34-3)9-8-18(14-23(25)30)29-24(32)28-17-5-6-19(26)20(27)13-17;3-2(4,5)1(6)7/h4-7,12-13,18,23H,8-11,14H2,1-3H3,(H2,28,29,32);(H,6,7). The Morgan fingerprint density at radius 2 is 1.66 bits per heavy atom. The molecule has 9 nitrogen and oxygen atoms in total. The van der Waals surface area contributed by atoms with Crippen LogP contribution < -0.4 is 20.1 Å². The Bertz CT molecular complexity index is 1290. The summed E-state index contributed by atoms with van der Waals surface area (Å²) in [4.78, 5) is 35.8. The average molecular weight is 588 g/mol. The van der Waals surface area contributed by atoms with Crippen LogP contribution in [-0.4, -0.2) is 66.9 Å². The van der Waals surface area contributed by atoms with Gasteiger partial charge in [-0.1, -0.05) is 6.07 Å². The number of carboxylic acids is 1. The van der Waals surface area contributed by atoms with Gasteiger partial charge >= 0.3 is 18.2 Å². The number of halogens is 5. The maximum Gasteiger partial charge on any atom is 0.490 e. The molecular formula is C27H30F5N3O6. The van der Waals surface area contributed by atoms with Crippen LogP contribution >= 0.6 is 0 Å². The number of urea groups is 1. The molecule has 2 aromatic carbocycles. The zero-order valence-corrected chi connectivity index (χ0v) is 22.5. The zero-order chi connectivity index (χ0) is 30.5. The molecule has 3 unspecified atom stereocenters. The maximum atomic E-state index is 13.5. The number of ether oxygens (including phenoxy) is 2. The number of carbonyl (C=O) groups is 3. The van der Waals surface area contributed by atoms with E-state index in [1.165, 1.54) is 6.07 Å². The van der Waals surface area contributed by atoms with Gasteiger partial charge in [-0.15, -0.1) is 0 Å². The molecule has 3 amide bonds. The summed E-state index contributed by atoms with van der Waals surface area (Å²) in [5.74, 6) is -3.48. The van der Waals surface area contributed by atoms with Crippen LogP contribution in [-0.2, 0) is 15.0 Å². The van der Waals surface area contributed by atoms with Crippen LogP contribution in [0.2, 0.25) is 0 Å². The molecule has 14 heteroatoms. The number of hydrogen-bond donors (Lipinski definition) is 3. The van der Waals surface area contributed by atoms with Gasteiger partial charge in [-0.25, -0.2) is 18.4 Å². The van der Waals surface area contributed by atoms with Crippen molar-refractivity contribution in [3.63, 3.8) is 0 Å². The van der Waals surface area contributed by atoms with Gasteiger partial charge in [-0.3, -0.25) is 4.79 Å². The number of alkyl halides is 3. The number of carbonyl (C=O) groups excluding carboxylic acids is 2. The second-order valence-corrected chi connectivity index (χ2v) is 9.71. The van der Waals surface area contributed by atoms with E-state index in [9.17, 15) is 31.5 Å². The first-order valence-electron chi connectivity index (χ1n) is 12.5. The first-order valence-corrected chi connectivity index (χ1v) is 12.5. The van der Waals surface area contributed by atoms with Crippen LogP contribution in [0.3, 0.4) is 0 Å². The highest BCUT2D eigenvalue weighted by Crippen LogP contribution is 2.50. The lowest BCUT2D eigenvalue weighted by molar-refractivity contribution is -0.192. The van der Waals surface area contributed by atoms with Gasteiger partial charge in [0.1, 0.15) is 0 Å². The molecule has 2 fully saturated rings. The Morgan fingerprint density at radius 3 is 2.22 bits per heavy atom. The monoisotopic (exact) mass is 587 g/mol. The molecular weight excluding hydrogens is 557 g/mol. The average Bonchev–Trinajstić information content (AvgIpc) is 3.30. The third-order valence-corrected chi connectivity index (χ3v) is 7.38. The van der Waals surface area contributed by atoms with Gasteiger partial charge in [-0.2, -0.15) is 13.2 Å². The fourth-order valence-electron chi connectivity index (χ4n) is 5.47. The normalized spacial score (nSPS) is 21.6. The summed E-state index contributed by atoms with van der Waals surface area (Å²) in [6, 6.07) is 8.33. The number of amides is 3. The summed E-state index contributed by atoms with van der Waals surface area (Å²) >= 11 is 0. The number of hydrogen-bond acceptors (Lipinski definition) is 5. The molecule has 1 heterocycles. The van der Waals surface area contributed by atoms with Crippen LogP contribution in [0.5, 0.6) is 11.5 Å². The maximum absolute atomic E-state index is 13.5. The van der Waals surface area contributed by atoms with Crippen molar-refractivity contribution in [2.24, 2.45) is 0 Å². The number of rotatable bonds is 5. The second-order valence-electron chi connectivity index (χ2n) is 9.71. The van der Waals surface area contributed by atoms with Gasteiger partial charge in [0.15, 0.2) is 23.1 Å². The molecule has 2 aromatic rings. The number of carboxylic acid groups (broad SMARTS) is 1. The van der Waals surface area contributed by atoms with Crippen LogP contribution in [0.1, 0.15) is 38.2 Å². The summed E-state index contributed by atoms with van der Waals surface area (Å²) in [6.45, 7) is 2.21. The lowest BCUT2D eigenvalue weighted by atomic mass is 9.65.